The highest BCUT2D eigenvalue weighted by molar-refractivity contribution is 5.96. The van der Waals surface area contributed by atoms with Crippen LogP contribution in [0, 0.1) is 6.92 Å². The molecule has 0 aliphatic carbocycles. The number of fused-ring (bicyclic) bond motifs is 1. The van der Waals surface area contributed by atoms with E-state index in [0.29, 0.717) is 5.56 Å². The Kier molecular flexibility index (Phi) is 2.52. The van der Waals surface area contributed by atoms with Crippen LogP contribution in [0.25, 0.3) is 16.7 Å². The molecule has 2 N–H and O–H groups in total. The van der Waals surface area contributed by atoms with Gasteiger partial charge in [-0.15, -0.1) is 0 Å². The van der Waals surface area contributed by atoms with Gasteiger partial charge in [-0.3, -0.25) is 14.3 Å². The molecular formula is C14H12N4O. The molecule has 3 rings (SSSR count). The summed E-state index contributed by atoms with van der Waals surface area (Å²) in [5.74, 6) is -0.473. The molecule has 5 heteroatoms. The molecule has 0 bridgehead atoms. The minimum absolute atomic E-state index is 0.410. The van der Waals surface area contributed by atoms with Gasteiger partial charge in [-0.25, -0.2) is 4.98 Å². The molecule has 0 radical (unpaired) electrons. The minimum Gasteiger partial charge on any atom is -0.366 e. The van der Waals surface area contributed by atoms with E-state index in [4.69, 9.17) is 5.73 Å². The summed E-state index contributed by atoms with van der Waals surface area (Å²) in [4.78, 5) is 19.6. The van der Waals surface area contributed by atoms with Crippen molar-refractivity contribution in [2.75, 3.05) is 0 Å². The number of pyridine rings is 2. The van der Waals surface area contributed by atoms with Crippen molar-refractivity contribution in [2.24, 2.45) is 5.73 Å². The topological polar surface area (TPSA) is 73.8 Å². The summed E-state index contributed by atoms with van der Waals surface area (Å²) >= 11 is 0. The summed E-state index contributed by atoms with van der Waals surface area (Å²) in [6.07, 6.45) is 6.97. The van der Waals surface area contributed by atoms with Crippen molar-refractivity contribution in [3.8, 4) is 5.69 Å². The van der Waals surface area contributed by atoms with Gasteiger partial charge in [0.25, 0.3) is 0 Å². The van der Waals surface area contributed by atoms with Gasteiger partial charge in [0.1, 0.15) is 5.65 Å². The van der Waals surface area contributed by atoms with Crippen molar-refractivity contribution < 1.29 is 4.79 Å². The van der Waals surface area contributed by atoms with Gasteiger partial charge in [0.2, 0.25) is 5.91 Å². The van der Waals surface area contributed by atoms with Crippen LogP contribution >= 0.6 is 0 Å². The van der Waals surface area contributed by atoms with Crippen molar-refractivity contribution in [1.29, 1.82) is 0 Å². The molecule has 0 saturated carbocycles. The molecule has 0 unspecified atom stereocenters. The van der Waals surface area contributed by atoms with Crippen LogP contribution in [0.2, 0.25) is 0 Å². The average molecular weight is 252 g/mol. The third-order valence-electron chi connectivity index (χ3n) is 2.95. The van der Waals surface area contributed by atoms with Crippen molar-refractivity contribution in [3.05, 3.63) is 54.1 Å². The van der Waals surface area contributed by atoms with E-state index in [1.54, 1.807) is 18.5 Å². The fraction of sp³-hybridized carbons (Fsp3) is 0.0714. The summed E-state index contributed by atoms with van der Waals surface area (Å²) in [5, 5.41) is 0.873. The van der Waals surface area contributed by atoms with E-state index in [1.165, 1.54) is 6.20 Å². The molecule has 3 aromatic heterocycles. The number of primary amides is 1. The maximum atomic E-state index is 11.1. The lowest BCUT2D eigenvalue weighted by Crippen LogP contribution is -2.11. The number of hydrogen-bond acceptors (Lipinski definition) is 3. The minimum atomic E-state index is -0.473. The number of hydrogen-bond donors (Lipinski definition) is 1. The van der Waals surface area contributed by atoms with Crippen molar-refractivity contribution >= 4 is 16.9 Å². The summed E-state index contributed by atoms with van der Waals surface area (Å²) < 4.78 is 1.93. The number of carbonyl (C=O) groups excluding carboxylic acids is 1. The van der Waals surface area contributed by atoms with E-state index in [2.05, 4.69) is 9.97 Å². The van der Waals surface area contributed by atoms with E-state index in [1.807, 2.05) is 29.8 Å². The van der Waals surface area contributed by atoms with Gasteiger partial charge in [-0.05, 0) is 30.7 Å². The Morgan fingerprint density at radius 2 is 2.11 bits per heavy atom. The predicted octanol–water partition coefficient (Wildman–Crippen LogP) is 1.83. The predicted molar refractivity (Wildman–Crippen MR) is 72.1 cm³/mol. The largest absolute Gasteiger partial charge is 0.366 e. The molecule has 3 aromatic rings. The van der Waals surface area contributed by atoms with Crippen molar-refractivity contribution in [1.82, 2.24) is 14.5 Å². The standard InChI is InChI=1S/C14H12N4O/c1-9-4-12(8-16-6-9)18-3-2-10-5-11(13(15)19)7-17-14(10)18/h2-8H,1H3,(H2,15,19). The third-order valence-corrected chi connectivity index (χ3v) is 2.95. The summed E-state index contributed by atoms with van der Waals surface area (Å²) in [5.41, 5.74) is 8.45. The van der Waals surface area contributed by atoms with Crippen LogP contribution in [0.1, 0.15) is 15.9 Å². The number of nitrogens with two attached hydrogens (primary N) is 1. The van der Waals surface area contributed by atoms with Crippen LogP contribution in [0.15, 0.2) is 43.0 Å². The van der Waals surface area contributed by atoms with Gasteiger partial charge in [-0.2, -0.15) is 0 Å². The van der Waals surface area contributed by atoms with Crippen LogP contribution in [0.5, 0.6) is 0 Å². The zero-order valence-corrected chi connectivity index (χ0v) is 10.4. The molecule has 0 saturated heterocycles. The zero-order valence-electron chi connectivity index (χ0n) is 10.4. The third kappa shape index (κ3) is 1.95. The van der Waals surface area contributed by atoms with E-state index in [9.17, 15) is 4.79 Å². The van der Waals surface area contributed by atoms with E-state index < -0.39 is 5.91 Å². The van der Waals surface area contributed by atoms with Crippen molar-refractivity contribution in [3.63, 3.8) is 0 Å². The van der Waals surface area contributed by atoms with Crippen LogP contribution < -0.4 is 5.73 Å². The Bertz CT molecular complexity index is 776. The van der Waals surface area contributed by atoms with Gasteiger partial charge in [-0.1, -0.05) is 0 Å². The first-order valence-electron chi connectivity index (χ1n) is 5.84. The van der Waals surface area contributed by atoms with E-state index in [-0.39, 0.29) is 0 Å². The Morgan fingerprint density at radius 1 is 1.26 bits per heavy atom. The average Bonchev–Trinajstić information content (AvgIpc) is 2.81. The Morgan fingerprint density at radius 3 is 2.84 bits per heavy atom. The lowest BCUT2D eigenvalue weighted by molar-refractivity contribution is 0.1000. The molecular weight excluding hydrogens is 240 g/mol. The van der Waals surface area contributed by atoms with Gasteiger partial charge in [0.15, 0.2) is 0 Å². The summed E-state index contributed by atoms with van der Waals surface area (Å²) in [7, 11) is 0. The molecule has 1 amide bonds. The molecule has 19 heavy (non-hydrogen) atoms. The Hall–Kier alpha value is -2.69. The molecule has 94 valence electrons. The number of aromatic nitrogens is 3. The molecule has 0 atom stereocenters. The quantitative estimate of drug-likeness (QED) is 0.756. The molecule has 0 aliphatic heterocycles. The smallest absolute Gasteiger partial charge is 0.250 e. The summed E-state index contributed by atoms with van der Waals surface area (Å²) in [6, 6.07) is 5.66. The lowest BCUT2D eigenvalue weighted by Gasteiger charge is -2.05. The molecule has 0 spiro atoms. The second-order valence-electron chi connectivity index (χ2n) is 4.41. The Labute approximate surface area is 109 Å². The normalized spacial score (nSPS) is 10.8. The van der Waals surface area contributed by atoms with Gasteiger partial charge in [0, 0.05) is 24.0 Å². The molecule has 0 aromatic carbocycles. The number of amides is 1. The number of aryl methyl sites for hydroxylation is 1. The maximum absolute atomic E-state index is 11.1. The molecule has 0 aliphatic rings. The number of rotatable bonds is 2. The highest BCUT2D eigenvalue weighted by Crippen LogP contribution is 2.19. The van der Waals surface area contributed by atoms with Crippen LogP contribution in [-0.2, 0) is 0 Å². The second-order valence-corrected chi connectivity index (χ2v) is 4.41. The monoisotopic (exact) mass is 252 g/mol. The lowest BCUT2D eigenvalue weighted by atomic mass is 10.2. The van der Waals surface area contributed by atoms with Gasteiger partial charge < -0.3 is 5.73 Å². The highest BCUT2D eigenvalue weighted by Gasteiger charge is 2.08. The molecule has 3 heterocycles. The highest BCUT2D eigenvalue weighted by atomic mass is 16.1. The van der Waals surface area contributed by atoms with Gasteiger partial charge >= 0.3 is 0 Å². The maximum Gasteiger partial charge on any atom is 0.250 e. The van der Waals surface area contributed by atoms with E-state index >= 15 is 0 Å². The second kappa shape index (κ2) is 4.20. The first-order chi connectivity index (χ1) is 9.15. The fourth-order valence-corrected chi connectivity index (χ4v) is 2.04. The fourth-order valence-electron chi connectivity index (χ4n) is 2.04. The van der Waals surface area contributed by atoms with E-state index in [0.717, 1.165) is 22.3 Å². The van der Waals surface area contributed by atoms with Gasteiger partial charge in [0.05, 0.1) is 17.4 Å². The van der Waals surface area contributed by atoms with Crippen LogP contribution in [0.4, 0.5) is 0 Å². The van der Waals surface area contributed by atoms with Crippen molar-refractivity contribution in [2.45, 2.75) is 6.92 Å². The van der Waals surface area contributed by atoms with Crippen LogP contribution in [-0.4, -0.2) is 20.4 Å². The zero-order chi connectivity index (χ0) is 13.4. The molecule has 5 nitrogen and oxygen atoms in total. The van der Waals surface area contributed by atoms with Crippen LogP contribution in [0.3, 0.4) is 0 Å². The summed E-state index contributed by atoms with van der Waals surface area (Å²) in [6.45, 7) is 1.99. The molecule has 0 fully saturated rings. The first kappa shape index (κ1) is 11.4. The Balaban J connectivity index is 2.18. The first-order valence-corrected chi connectivity index (χ1v) is 5.84. The number of nitrogens with zero attached hydrogens (tertiary/aromatic N) is 3. The number of carbonyl (C=O) groups is 1. The SMILES string of the molecule is Cc1cncc(-n2ccc3cc(C(N)=O)cnc32)c1.